The molecule has 0 aromatic heterocycles. The van der Waals surface area contributed by atoms with E-state index in [1.165, 1.54) is 39.0 Å². The Labute approximate surface area is 232 Å². The zero-order valence-corrected chi connectivity index (χ0v) is 23.5. The molecule has 0 unspecified atom stereocenters. The van der Waals surface area contributed by atoms with Gasteiger partial charge in [-0.3, -0.25) is 9.29 Å². The normalized spacial score (nSPS) is 17.7. The van der Waals surface area contributed by atoms with Gasteiger partial charge in [-0.15, -0.1) is 0 Å². The lowest BCUT2D eigenvalue weighted by Crippen LogP contribution is -2.26. The summed E-state index contributed by atoms with van der Waals surface area (Å²) >= 11 is 0. The van der Waals surface area contributed by atoms with E-state index in [4.69, 9.17) is 4.74 Å². The Morgan fingerprint density at radius 1 is 1.05 bits per heavy atom. The summed E-state index contributed by atoms with van der Waals surface area (Å²) in [6.45, 7) is 12.9. The first-order valence-electron chi connectivity index (χ1n) is 14.2. The molecule has 3 aromatic carbocycles. The average Bonchev–Trinajstić information content (AvgIpc) is 3.28. The molecule has 0 radical (unpaired) electrons. The molecule has 5 rings (SSSR count). The molecule has 3 nitrogen and oxygen atoms in total. The smallest absolute Gasteiger partial charge is 0.119 e. The quantitative estimate of drug-likeness (QED) is 0.322. The average molecular weight is 526 g/mol. The molecule has 2 aliphatic rings. The Bertz CT molecular complexity index is 1390. The molecule has 1 aliphatic heterocycles. The maximum atomic E-state index is 12.6. The fourth-order valence-electron chi connectivity index (χ4n) is 6.18. The predicted molar refractivity (Wildman–Crippen MR) is 160 cm³/mol. The molecule has 3 aromatic rings. The molecular formula is C35H40FNO2. The molecule has 204 valence electrons. The summed E-state index contributed by atoms with van der Waals surface area (Å²) in [7, 11) is 0. The van der Waals surface area contributed by atoms with E-state index in [1.807, 2.05) is 13.0 Å². The maximum Gasteiger partial charge on any atom is 0.119 e. The van der Waals surface area contributed by atoms with Crippen LogP contribution in [0.2, 0.25) is 0 Å². The number of nitrogens with zero attached hydrogens (tertiary/aromatic N) is 1. The van der Waals surface area contributed by atoms with Crippen LogP contribution in [0.25, 0.3) is 16.7 Å². The third kappa shape index (κ3) is 5.81. The summed E-state index contributed by atoms with van der Waals surface area (Å²) in [6, 6.07) is 19.1. The van der Waals surface area contributed by atoms with E-state index in [2.05, 4.69) is 73.9 Å². The lowest BCUT2D eigenvalue weighted by atomic mass is 9.84. The van der Waals surface area contributed by atoms with E-state index in [0.29, 0.717) is 12.2 Å². The lowest BCUT2D eigenvalue weighted by molar-refractivity contribution is 0.198. The first-order valence-corrected chi connectivity index (χ1v) is 14.2. The second kappa shape index (κ2) is 11.8. The van der Waals surface area contributed by atoms with E-state index in [9.17, 15) is 9.50 Å². The Morgan fingerprint density at radius 2 is 1.82 bits per heavy atom. The van der Waals surface area contributed by atoms with Gasteiger partial charge in [-0.1, -0.05) is 54.1 Å². The van der Waals surface area contributed by atoms with Crippen LogP contribution in [0.3, 0.4) is 0 Å². The van der Waals surface area contributed by atoms with Gasteiger partial charge < -0.3 is 9.84 Å². The Balaban J connectivity index is 1.56. The van der Waals surface area contributed by atoms with Gasteiger partial charge in [0.15, 0.2) is 0 Å². The fourth-order valence-corrected chi connectivity index (χ4v) is 6.18. The van der Waals surface area contributed by atoms with Gasteiger partial charge in [0, 0.05) is 19.6 Å². The second-order valence-electron chi connectivity index (χ2n) is 11.2. The lowest BCUT2D eigenvalue weighted by Gasteiger charge is -2.21. The predicted octanol–water partition coefficient (Wildman–Crippen LogP) is 8.15. The van der Waals surface area contributed by atoms with Crippen molar-refractivity contribution in [3.63, 3.8) is 0 Å². The summed E-state index contributed by atoms with van der Waals surface area (Å²) in [6.07, 6.45) is 4.59. The van der Waals surface area contributed by atoms with E-state index in [1.54, 1.807) is 0 Å². The van der Waals surface area contributed by atoms with Gasteiger partial charge in [0.25, 0.3) is 0 Å². The molecule has 1 saturated heterocycles. The van der Waals surface area contributed by atoms with Gasteiger partial charge in [-0.05, 0) is 116 Å². The molecule has 1 aliphatic carbocycles. The number of rotatable bonds is 8. The highest BCUT2D eigenvalue weighted by atomic mass is 19.1. The van der Waals surface area contributed by atoms with Gasteiger partial charge in [0.05, 0.1) is 6.67 Å². The molecule has 1 heterocycles. The van der Waals surface area contributed by atoms with Crippen molar-refractivity contribution in [3.8, 4) is 11.5 Å². The number of aryl methyl sites for hydroxylation is 1. The van der Waals surface area contributed by atoms with Crippen LogP contribution < -0.4 is 4.74 Å². The van der Waals surface area contributed by atoms with Gasteiger partial charge >= 0.3 is 0 Å². The number of likely N-dealkylation sites (tertiary alicyclic amines) is 1. The SMILES string of the molecule is C=C(C)c1cc(C)ccc1C1=C(c2ccc(O[C@H]3CCN(CCCF)C3)cc2)c2ccc(O)c(C)c2CCC1. The first-order chi connectivity index (χ1) is 18.9. The second-order valence-corrected chi connectivity index (χ2v) is 11.2. The zero-order valence-electron chi connectivity index (χ0n) is 23.5. The number of phenols is 1. The summed E-state index contributed by atoms with van der Waals surface area (Å²) in [5, 5.41) is 10.5. The molecule has 1 atom stereocenters. The van der Waals surface area contributed by atoms with Crippen molar-refractivity contribution in [2.75, 3.05) is 26.3 Å². The number of hydrogen-bond donors (Lipinski definition) is 1. The summed E-state index contributed by atoms with van der Waals surface area (Å²) < 4.78 is 18.9. The summed E-state index contributed by atoms with van der Waals surface area (Å²) in [4.78, 5) is 2.29. The van der Waals surface area contributed by atoms with Gasteiger partial charge in [-0.25, -0.2) is 0 Å². The molecule has 1 N–H and O–H groups in total. The van der Waals surface area contributed by atoms with Crippen LogP contribution in [0, 0.1) is 13.8 Å². The third-order valence-corrected chi connectivity index (χ3v) is 8.24. The number of allylic oxidation sites excluding steroid dienone is 2. The van der Waals surface area contributed by atoms with Crippen molar-refractivity contribution in [1.82, 2.24) is 4.90 Å². The summed E-state index contributed by atoms with van der Waals surface area (Å²) in [5.74, 6) is 1.22. The highest BCUT2D eigenvalue weighted by Gasteiger charge is 2.25. The number of aromatic hydroxyl groups is 1. The largest absolute Gasteiger partial charge is 0.508 e. The highest BCUT2D eigenvalue weighted by Crippen LogP contribution is 2.44. The highest BCUT2D eigenvalue weighted by molar-refractivity contribution is 6.02. The van der Waals surface area contributed by atoms with Gasteiger partial charge in [0.1, 0.15) is 17.6 Å². The molecular weight excluding hydrogens is 485 g/mol. The van der Waals surface area contributed by atoms with Crippen LogP contribution in [0.15, 0.2) is 61.2 Å². The molecule has 4 heteroatoms. The number of ether oxygens (including phenoxy) is 1. The van der Waals surface area contributed by atoms with E-state index in [-0.39, 0.29) is 12.8 Å². The molecule has 1 fully saturated rings. The minimum atomic E-state index is -0.264. The van der Waals surface area contributed by atoms with E-state index < -0.39 is 0 Å². The minimum absolute atomic E-state index is 0.139. The van der Waals surface area contributed by atoms with Crippen molar-refractivity contribution in [2.24, 2.45) is 0 Å². The van der Waals surface area contributed by atoms with Crippen molar-refractivity contribution in [3.05, 3.63) is 100 Å². The first kappa shape index (κ1) is 27.2. The van der Waals surface area contributed by atoms with Crippen LogP contribution >= 0.6 is 0 Å². The van der Waals surface area contributed by atoms with Crippen LogP contribution in [0.4, 0.5) is 4.39 Å². The Morgan fingerprint density at radius 3 is 2.56 bits per heavy atom. The molecule has 0 spiro atoms. The number of fused-ring (bicyclic) bond motifs is 1. The monoisotopic (exact) mass is 525 g/mol. The number of halogens is 1. The molecule has 39 heavy (non-hydrogen) atoms. The number of alkyl halides is 1. The van der Waals surface area contributed by atoms with Gasteiger partial charge in [-0.2, -0.15) is 0 Å². The standard InChI is InChI=1S/C35H40FNO2/c1-23(2)33-21-24(3)9-14-30(33)31-8-5-7-29-25(4)34(38)16-15-32(29)35(31)26-10-12-27(13-11-26)39-28-17-20-37(22-28)19-6-18-36/h9-16,21,28,38H,1,5-8,17-20,22H2,2-4H3/t28-/m0/s1. The summed E-state index contributed by atoms with van der Waals surface area (Å²) in [5.41, 5.74) is 11.8. The third-order valence-electron chi connectivity index (χ3n) is 8.24. The maximum absolute atomic E-state index is 12.6. The molecule has 0 amide bonds. The van der Waals surface area contributed by atoms with Gasteiger partial charge in [0.2, 0.25) is 0 Å². The number of hydrogen-bond acceptors (Lipinski definition) is 3. The van der Waals surface area contributed by atoms with Crippen LogP contribution in [0.5, 0.6) is 11.5 Å². The van der Waals surface area contributed by atoms with E-state index >= 15 is 0 Å². The zero-order chi connectivity index (χ0) is 27.5. The van der Waals surface area contributed by atoms with E-state index in [0.717, 1.165) is 67.8 Å². The molecule has 0 saturated carbocycles. The van der Waals surface area contributed by atoms with Crippen LogP contribution in [0.1, 0.15) is 71.6 Å². The van der Waals surface area contributed by atoms with Crippen LogP contribution in [-0.2, 0) is 6.42 Å². The topological polar surface area (TPSA) is 32.7 Å². The fraction of sp³-hybridized carbons (Fsp3) is 0.371. The minimum Gasteiger partial charge on any atom is -0.508 e. The van der Waals surface area contributed by atoms with Crippen molar-refractivity contribution in [1.29, 1.82) is 0 Å². The van der Waals surface area contributed by atoms with Crippen molar-refractivity contribution >= 4 is 16.7 Å². The number of phenolic OH excluding ortho intramolecular Hbond substituents is 1. The Hall–Kier alpha value is -3.37. The number of benzene rings is 3. The Kier molecular flexibility index (Phi) is 8.23. The van der Waals surface area contributed by atoms with Crippen LogP contribution in [-0.4, -0.2) is 42.4 Å². The van der Waals surface area contributed by atoms with Crippen molar-refractivity contribution in [2.45, 2.75) is 59.0 Å². The molecule has 0 bridgehead atoms. The van der Waals surface area contributed by atoms with Crippen molar-refractivity contribution < 1.29 is 14.2 Å².